The maximum absolute atomic E-state index is 10.1. The summed E-state index contributed by atoms with van der Waals surface area (Å²) in [5.41, 5.74) is 2.07. The van der Waals surface area contributed by atoms with E-state index in [0.29, 0.717) is 23.7 Å². The lowest BCUT2D eigenvalue weighted by Gasteiger charge is -2.17. The minimum Gasteiger partial charge on any atom is -0.506 e. The highest BCUT2D eigenvalue weighted by atomic mass is 16.3. The van der Waals surface area contributed by atoms with Gasteiger partial charge in [-0.15, -0.1) is 0 Å². The number of nitrogens with one attached hydrogen (secondary N) is 1. The van der Waals surface area contributed by atoms with Crippen molar-refractivity contribution in [3.63, 3.8) is 0 Å². The van der Waals surface area contributed by atoms with E-state index in [4.69, 9.17) is 0 Å². The first kappa shape index (κ1) is 16.9. The van der Waals surface area contributed by atoms with Gasteiger partial charge in [-0.25, -0.2) is 0 Å². The number of aryl methyl sites for hydroxylation is 1. The monoisotopic (exact) mass is 280 g/mol. The zero-order chi connectivity index (χ0) is 15.0. The number of aliphatic hydroxyl groups is 1. The number of unbranched alkanes of at least 4 members (excludes halogenated alkanes) is 1. The molecule has 1 heterocycles. The van der Waals surface area contributed by atoms with Crippen LogP contribution in [0, 0.1) is 12.8 Å². The first-order valence-corrected chi connectivity index (χ1v) is 7.61. The van der Waals surface area contributed by atoms with Crippen LogP contribution >= 0.6 is 0 Å². The van der Waals surface area contributed by atoms with Crippen molar-refractivity contribution in [3.05, 3.63) is 23.0 Å². The molecule has 0 saturated heterocycles. The molecular weight excluding hydrogens is 252 g/mol. The summed E-state index contributed by atoms with van der Waals surface area (Å²) in [6.45, 7) is 7.64. The van der Waals surface area contributed by atoms with Crippen LogP contribution in [0.4, 0.5) is 0 Å². The lowest BCUT2D eigenvalue weighted by Crippen LogP contribution is -2.23. The Bertz CT molecular complexity index is 408. The SMILES string of the molecule is CCCCC(CC)CNCc1c(CO)cnc(C)c1O. The van der Waals surface area contributed by atoms with E-state index in [2.05, 4.69) is 24.1 Å². The number of nitrogens with zero attached hydrogens (tertiary/aromatic N) is 1. The zero-order valence-corrected chi connectivity index (χ0v) is 12.9. The van der Waals surface area contributed by atoms with Crippen LogP contribution in [0.3, 0.4) is 0 Å². The second-order valence-electron chi connectivity index (χ2n) is 5.40. The summed E-state index contributed by atoms with van der Waals surface area (Å²) in [5.74, 6) is 0.878. The predicted molar refractivity (Wildman–Crippen MR) is 81.6 cm³/mol. The van der Waals surface area contributed by atoms with E-state index in [0.717, 1.165) is 12.1 Å². The molecule has 0 aliphatic heterocycles. The number of hydrogen-bond acceptors (Lipinski definition) is 4. The molecule has 0 aliphatic carbocycles. The van der Waals surface area contributed by atoms with Crippen LogP contribution in [-0.4, -0.2) is 21.7 Å². The number of rotatable bonds is 9. The van der Waals surface area contributed by atoms with Gasteiger partial charge in [0, 0.05) is 23.9 Å². The van der Waals surface area contributed by atoms with Gasteiger partial charge in [-0.05, 0) is 25.8 Å². The van der Waals surface area contributed by atoms with E-state index in [1.807, 2.05) is 0 Å². The van der Waals surface area contributed by atoms with E-state index < -0.39 is 0 Å². The van der Waals surface area contributed by atoms with E-state index in [9.17, 15) is 10.2 Å². The number of aromatic hydroxyl groups is 1. The summed E-state index contributed by atoms with van der Waals surface area (Å²) in [5, 5.41) is 22.8. The van der Waals surface area contributed by atoms with Crippen molar-refractivity contribution in [1.82, 2.24) is 10.3 Å². The molecular formula is C16H28N2O2. The predicted octanol–water partition coefficient (Wildman–Crippen LogP) is 2.89. The second-order valence-corrected chi connectivity index (χ2v) is 5.40. The summed E-state index contributed by atoms with van der Waals surface area (Å²) >= 11 is 0. The normalized spacial score (nSPS) is 12.6. The molecule has 1 aromatic rings. The molecule has 0 aliphatic rings. The third-order valence-corrected chi connectivity index (χ3v) is 3.88. The lowest BCUT2D eigenvalue weighted by atomic mass is 9.99. The van der Waals surface area contributed by atoms with Crippen molar-refractivity contribution >= 4 is 0 Å². The van der Waals surface area contributed by atoms with Crippen LogP contribution in [0.25, 0.3) is 0 Å². The van der Waals surface area contributed by atoms with E-state index in [1.54, 1.807) is 13.1 Å². The lowest BCUT2D eigenvalue weighted by molar-refractivity contribution is 0.278. The fourth-order valence-electron chi connectivity index (χ4n) is 2.36. The number of aromatic nitrogens is 1. The second kappa shape index (κ2) is 8.93. The summed E-state index contributed by atoms with van der Waals surface area (Å²) in [7, 11) is 0. The van der Waals surface area contributed by atoms with E-state index in [1.165, 1.54) is 25.7 Å². The molecule has 0 bridgehead atoms. The van der Waals surface area contributed by atoms with Gasteiger partial charge in [-0.3, -0.25) is 4.98 Å². The molecule has 1 rings (SSSR count). The molecule has 0 aromatic carbocycles. The smallest absolute Gasteiger partial charge is 0.141 e. The number of pyridine rings is 1. The summed E-state index contributed by atoms with van der Waals surface area (Å²) in [6.07, 6.45) is 6.55. The Morgan fingerprint density at radius 1 is 1.35 bits per heavy atom. The van der Waals surface area contributed by atoms with Crippen LogP contribution in [0.15, 0.2) is 6.20 Å². The third-order valence-electron chi connectivity index (χ3n) is 3.88. The highest BCUT2D eigenvalue weighted by Crippen LogP contribution is 2.23. The van der Waals surface area contributed by atoms with Crippen molar-refractivity contribution < 1.29 is 10.2 Å². The van der Waals surface area contributed by atoms with Crippen molar-refractivity contribution in [2.75, 3.05) is 6.54 Å². The maximum Gasteiger partial charge on any atom is 0.141 e. The van der Waals surface area contributed by atoms with Crippen LogP contribution in [0.1, 0.15) is 56.4 Å². The van der Waals surface area contributed by atoms with Crippen molar-refractivity contribution in [3.8, 4) is 5.75 Å². The quantitative estimate of drug-likeness (QED) is 0.651. The van der Waals surface area contributed by atoms with E-state index in [-0.39, 0.29) is 12.4 Å². The number of hydrogen-bond donors (Lipinski definition) is 3. The fraction of sp³-hybridized carbons (Fsp3) is 0.688. The van der Waals surface area contributed by atoms with Gasteiger partial charge in [-0.2, -0.15) is 0 Å². The Hall–Kier alpha value is -1.13. The highest BCUT2D eigenvalue weighted by molar-refractivity contribution is 5.40. The minimum absolute atomic E-state index is 0.0924. The molecule has 0 saturated carbocycles. The van der Waals surface area contributed by atoms with Crippen LogP contribution in [0.5, 0.6) is 5.75 Å². The largest absolute Gasteiger partial charge is 0.506 e. The van der Waals surface area contributed by atoms with Crippen molar-refractivity contribution in [1.29, 1.82) is 0 Å². The zero-order valence-electron chi connectivity index (χ0n) is 12.9. The van der Waals surface area contributed by atoms with Crippen LogP contribution < -0.4 is 5.32 Å². The molecule has 4 nitrogen and oxygen atoms in total. The molecule has 3 N–H and O–H groups in total. The Morgan fingerprint density at radius 2 is 2.10 bits per heavy atom. The van der Waals surface area contributed by atoms with Gasteiger partial charge in [-0.1, -0.05) is 33.1 Å². The average Bonchev–Trinajstić information content (AvgIpc) is 2.47. The van der Waals surface area contributed by atoms with Gasteiger partial charge in [0.2, 0.25) is 0 Å². The molecule has 0 fully saturated rings. The first-order chi connectivity index (χ1) is 9.63. The van der Waals surface area contributed by atoms with Gasteiger partial charge in [0.05, 0.1) is 12.3 Å². The van der Waals surface area contributed by atoms with Gasteiger partial charge < -0.3 is 15.5 Å². The van der Waals surface area contributed by atoms with Crippen molar-refractivity contribution in [2.45, 2.75) is 59.6 Å². The molecule has 20 heavy (non-hydrogen) atoms. The van der Waals surface area contributed by atoms with Crippen LogP contribution in [0.2, 0.25) is 0 Å². The minimum atomic E-state index is -0.0924. The average molecular weight is 280 g/mol. The molecule has 1 atom stereocenters. The summed E-state index contributed by atoms with van der Waals surface area (Å²) in [6, 6.07) is 0. The van der Waals surface area contributed by atoms with Crippen LogP contribution in [-0.2, 0) is 13.2 Å². The Kier molecular flexibility index (Phi) is 7.55. The molecule has 0 radical (unpaired) electrons. The number of aliphatic hydroxyl groups excluding tert-OH is 1. The molecule has 1 aromatic heterocycles. The first-order valence-electron chi connectivity index (χ1n) is 7.61. The molecule has 114 valence electrons. The molecule has 4 heteroatoms. The maximum atomic E-state index is 10.1. The summed E-state index contributed by atoms with van der Waals surface area (Å²) < 4.78 is 0. The van der Waals surface area contributed by atoms with E-state index >= 15 is 0 Å². The molecule has 0 spiro atoms. The van der Waals surface area contributed by atoms with Gasteiger partial charge in [0.15, 0.2) is 0 Å². The fourth-order valence-corrected chi connectivity index (χ4v) is 2.36. The Labute approximate surface area is 122 Å². The Balaban J connectivity index is 2.58. The van der Waals surface area contributed by atoms with Gasteiger partial charge >= 0.3 is 0 Å². The highest BCUT2D eigenvalue weighted by Gasteiger charge is 2.12. The van der Waals surface area contributed by atoms with Gasteiger partial charge in [0.1, 0.15) is 5.75 Å². The van der Waals surface area contributed by atoms with Gasteiger partial charge in [0.25, 0.3) is 0 Å². The molecule has 0 amide bonds. The van der Waals surface area contributed by atoms with Crippen molar-refractivity contribution in [2.24, 2.45) is 5.92 Å². The Morgan fingerprint density at radius 3 is 2.70 bits per heavy atom. The standard InChI is InChI=1S/C16H28N2O2/c1-4-6-7-13(5-2)8-17-10-15-14(11-19)9-18-12(3)16(15)20/h9,13,17,19-20H,4-8,10-11H2,1-3H3. The topological polar surface area (TPSA) is 65.4 Å². The molecule has 1 unspecified atom stereocenters. The third kappa shape index (κ3) is 4.76. The summed E-state index contributed by atoms with van der Waals surface area (Å²) in [4.78, 5) is 4.07.